The number of thioether (sulfide) groups is 1. The lowest BCUT2D eigenvalue weighted by Crippen LogP contribution is -2.20. The molecule has 0 radical (unpaired) electrons. The van der Waals surface area contributed by atoms with Crippen LogP contribution in [0.2, 0.25) is 0 Å². The van der Waals surface area contributed by atoms with Gasteiger partial charge >= 0.3 is 5.97 Å². The molecule has 8 heteroatoms. The Morgan fingerprint density at radius 2 is 1.91 bits per heavy atom. The zero-order chi connectivity index (χ0) is 16.8. The third-order valence-electron chi connectivity index (χ3n) is 2.64. The highest BCUT2D eigenvalue weighted by molar-refractivity contribution is 7.99. The van der Waals surface area contributed by atoms with Crippen LogP contribution in [0.4, 0.5) is 14.5 Å². The number of aryl methyl sites for hydroxylation is 1. The fourth-order valence-corrected chi connectivity index (χ4v) is 2.92. The second-order valence-electron chi connectivity index (χ2n) is 4.44. The summed E-state index contributed by atoms with van der Waals surface area (Å²) in [5, 5.41) is 2.52. The molecular weight excluding hydrogens is 344 g/mol. The molecule has 0 saturated carbocycles. The van der Waals surface area contributed by atoms with E-state index in [0.29, 0.717) is 27.2 Å². The lowest BCUT2D eigenvalue weighted by molar-refractivity contribution is -0.119. The number of hydrogen-bond acceptors (Lipinski definition) is 5. The summed E-state index contributed by atoms with van der Waals surface area (Å²) in [7, 11) is 0. The molecule has 0 unspecified atom stereocenters. The van der Waals surface area contributed by atoms with Crippen LogP contribution in [0, 0.1) is 6.92 Å². The van der Waals surface area contributed by atoms with Crippen molar-refractivity contribution >= 4 is 40.7 Å². The van der Waals surface area contributed by atoms with E-state index < -0.39 is 24.2 Å². The predicted octanol–water partition coefficient (Wildman–Crippen LogP) is 4.17. The summed E-state index contributed by atoms with van der Waals surface area (Å²) in [6, 6.07) is 9.40. The topological polar surface area (TPSA) is 55.4 Å². The molecule has 0 aliphatic carbocycles. The minimum absolute atomic E-state index is 0.400. The maximum atomic E-state index is 12.2. The van der Waals surface area contributed by atoms with Crippen LogP contribution in [-0.4, -0.2) is 24.2 Å². The number of thiophene rings is 1. The molecule has 2 rings (SSSR count). The standard InChI is InChI=1S/C15H13F2NO3S2/c1-9-2-7-12(22-9)14(20)21-8-13(19)18-10-3-5-11(6-4-10)23-15(16)17/h2-7,15H,8H2,1H3,(H,18,19). The molecule has 4 nitrogen and oxygen atoms in total. The van der Waals surface area contributed by atoms with E-state index in [1.165, 1.54) is 35.6 Å². The Hall–Kier alpha value is -1.93. The van der Waals surface area contributed by atoms with Crippen LogP contribution in [0.3, 0.4) is 0 Å². The Labute approximate surface area is 139 Å². The number of carbonyl (C=O) groups excluding carboxylic acids is 2. The summed E-state index contributed by atoms with van der Waals surface area (Å²) in [5.74, 6) is -3.54. The number of halogens is 2. The van der Waals surface area contributed by atoms with E-state index in [1.54, 1.807) is 12.1 Å². The van der Waals surface area contributed by atoms with Gasteiger partial charge in [0.05, 0.1) is 0 Å². The van der Waals surface area contributed by atoms with Crippen molar-refractivity contribution in [3.63, 3.8) is 0 Å². The number of rotatable bonds is 6. The molecular formula is C15H13F2NO3S2. The smallest absolute Gasteiger partial charge is 0.348 e. The summed E-state index contributed by atoms with van der Waals surface area (Å²) >= 11 is 1.71. The minimum atomic E-state index is -2.49. The van der Waals surface area contributed by atoms with Crippen LogP contribution in [0.15, 0.2) is 41.3 Å². The molecule has 2 aromatic rings. The van der Waals surface area contributed by atoms with E-state index in [2.05, 4.69) is 5.32 Å². The van der Waals surface area contributed by atoms with Gasteiger partial charge in [-0.15, -0.1) is 11.3 Å². The van der Waals surface area contributed by atoms with E-state index in [1.807, 2.05) is 6.92 Å². The first kappa shape index (κ1) is 17.4. The number of alkyl halides is 2. The second-order valence-corrected chi connectivity index (χ2v) is 6.79. The molecule has 0 bridgehead atoms. The van der Waals surface area contributed by atoms with Gasteiger partial charge in [0.1, 0.15) is 4.88 Å². The SMILES string of the molecule is Cc1ccc(C(=O)OCC(=O)Nc2ccc(SC(F)F)cc2)s1. The van der Waals surface area contributed by atoms with Gasteiger partial charge in [-0.2, -0.15) is 8.78 Å². The second kappa shape index (κ2) is 8.07. The van der Waals surface area contributed by atoms with Crippen molar-refractivity contribution in [1.29, 1.82) is 0 Å². The fourth-order valence-electron chi connectivity index (χ4n) is 1.66. The molecule has 1 aromatic heterocycles. The van der Waals surface area contributed by atoms with Crippen LogP contribution in [0.25, 0.3) is 0 Å². The van der Waals surface area contributed by atoms with Crippen LogP contribution < -0.4 is 5.32 Å². The van der Waals surface area contributed by atoms with Crippen molar-refractivity contribution in [3.8, 4) is 0 Å². The number of ether oxygens (including phenoxy) is 1. The Bertz CT molecular complexity index is 686. The van der Waals surface area contributed by atoms with Crippen molar-refractivity contribution < 1.29 is 23.1 Å². The van der Waals surface area contributed by atoms with E-state index in [4.69, 9.17) is 4.74 Å². The quantitative estimate of drug-likeness (QED) is 0.623. The first-order valence-corrected chi connectivity index (χ1v) is 8.22. The molecule has 0 saturated heterocycles. The van der Waals surface area contributed by atoms with Gasteiger partial charge < -0.3 is 10.1 Å². The van der Waals surface area contributed by atoms with Gasteiger partial charge in [-0.05, 0) is 43.3 Å². The van der Waals surface area contributed by atoms with E-state index >= 15 is 0 Å². The highest BCUT2D eigenvalue weighted by Gasteiger charge is 2.12. The van der Waals surface area contributed by atoms with E-state index in [-0.39, 0.29) is 0 Å². The maximum absolute atomic E-state index is 12.2. The third-order valence-corrected chi connectivity index (χ3v) is 4.34. The van der Waals surface area contributed by atoms with Gasteiger partial charge in [0.2, 0.25) is 0 Å². The van der Waals surface area contributed by atoms with Crippen LogP contribution in [0.5, 0.6) is 0 Å². The number of esters is 1. The van der Waals surface area contributed by atoms with Crippen molar-refractivity contribution in [2.45, 2.75) is 17.6 Å². The van der Waals surface area contributed by atoms with Crippen molar-refractivity contribution in [3.05, 3.63) is 46.2 Å². The number of benzene rings is 1. The average molecular weight is 357 g/mol. The van der Waals surface area contributed by atoms with Crippen molar-refractivity contribution in [1.82, 2.24) is 0 Å². The number of anilines is 1. The Balaban J connectivity index is 1.81. The lowest BCUT2D eigenvalue weighted by Gasteiger charge is -2.07. The van der Waals surface area contributed by atoms with Crippen molar-refractivity contribution in [2.75, 3.05) is 11.9 Å². The van der Waals surface area contributed by atoms with Gasteiger partial charge in [-0.25, -0.2) is 4.79 Å². The summed E-state index contributed by atoms with van der Waals surface area (Å²) in [4.78, 5) is 25.2. The van der Waals surface area contributed by atoms with Gasteiger partial charge in [0.15, 0.2) is 6.61 Å². The largest absolute Gasteiger partial charge is 0.451 e. The van der Waals surface area contributed by atoms with Crippen molar-refractivity contribution in [2.24, 2.45) is 0 Å². The molecule has 23 heavy (non-hydrogen) atoms. The van der Waals surface area contributed by atoms with Crippen LogP contribution in [-0.2, 0) is 9.53 Å². The fraction of sp³-hybridized carbons (Fsp3) is 0.200. The highest BCUT2D eigenvalue weighted by atomic mass is 32.2. The summed E-state index contributed by atoms with van der Waals surface area (Å²) in [6.45, 7) is 1.45. The zero-order valence-electron chi connectivity index (χ0n) is 12.0. The van der Waals surface area contributed by atoms with E-state index in [0.717, 1.165) is 4.88 Å². The normalized spacial score (nSPS) is 10.6. The Morgan fingerprint density at radius 3 is 2.48 bits per heavy atom. The Morgan fingerprint density at radius 1 is 1.22 bits per heavy atom. The third kappa shape index (κ3) is 5.65. The Kier molecular flexibility index (Phi) is 6.12. The van der Waals surface area contributed by atoms with Crippen LogP contribution >= 0.6 is 23.1 Å². The molecule has 1 heterocycles. The van der Waals surface area contributed by atoms with Gasteiger partial charge in [0.25, 0.3) is 11.7 Å². The number of carbonyl (C=O) groups is 2. The first-order chi connectivity index (χ1) is 10.9. The lowest BCUT2D eigenvalue weighted by atomic mass is 10.3. The maximum Gasteiger partial charge on any atom is 0.348 e. The number of nitrogens with one attached hydrogen (secondary N) is 1. The molecule has 0 fully saturated rings. The molecule has 1 N–H and O–H groups in total. The van der Waals surface area contributed by atoms with Gasteiger partial charge in [0, 0.05) is 15.5 Å². The molecule has 0 aliphatic rings. The summed E-state index contributed by atoms with van der Waals surface area (Å²) < 4.78 is 29.3. The van der Waals surface area contributed by atoms with Gasteiger partial charge in [-0.3, -0.25) is 4.79 Å². The van der Waals surface area contributed by atoms with E-state index in [9.17, 15) is 18.4 Å². The number of amides is 1. The molecule has 1 aromatic carbocycles. The molecule has 122 valence electrons. The summed E-state index contributed by atoms with van der Waals surface area (Å²) in [6.07, 6.45) is 0. The zero-order valence-corrected chi connectivity index (χ0v) is 13.7. The highest BCUT2D eigenvalue weighted by Crippen LogP contribution is 2.26. The molecule has 0 aliphatic heterocycles. The van der Waals surface area contributed by atoms with Gasteiger partial charge in [-0.1, -0.05) is 11.8 Å². The average Bonchev–Trinajstić information content (AvgIpc) is 2.93. The first-order valence-electron chi connectivity index (χ1n) is 6.52. The minimum Gasteiger partial charge on any atom is -0.451 e. The summed E-state index contributed by atoms with van der Waals surface area (Å²) in [5.41, 5.74) is 0.441. The number of hydrogen-bond donors (Lipinski definition) is 1. The molecule has 0 spiro atoms. The van der Waals surface area contributed by atoms with Crippen LogP contribution in [0.1, 0.15) is 14.5 Å². The monoisotopic (exact) mass is 357 g/mol. The molecule has 0 atom stereocenters. The predicted molar refractivity (Wildman–Crippen MR) is 86.3 cm³/mol. The molecule has 1 amide bonds.